The highest BCUT2D eigenvalue weighted by Crippen LogP contribution is 2.37. The third-order valence-corrected chi connectivity index (χ3v) is 5.06. The fourth-order valence-corrected chi connectivity index (χ4v) is 3.60. The summed E-state index contributed by atoms with van der Waals surface area (Å²) in [6, 6.07) is 7.79. The fraction of sp³-hybridized carbons (Fsp3) is 0.647. The molecule has 1 aliphatic carbocycles. The molecule has 0 radical (unpaired) electrons. The number of rotatable bonds is 3. The Morgan fingerprint density at radius 1 is 1.28 bits per heavy atom. The standard InChI is InChI=1S/C17H25N/c1-3-12(2)14-8-9-16-15(10-14)11-17(18-16)13-6-4-5-7-13/h8-10,12-13,17-18H,3-7,11H2,1-2H3. The van der Waals surface area contributed by atoms with Crippen LogP contribution in [0, 0.1) is 5.92 Å². The van der Waals surface area contributed by atoms with Crippen molar-refractivity contribution in [3.8, 4) is 0 Å². The molecule has 1 fully saturated rings. The summed E-state index contributed by atoms with van der Waals surface area (Å²) in [4.78, 5) is 0. The lowest BCUT2D eigenvalue weighted by atomic mass is 9.93. The second kappa shape index (κ2) is 4.95. The first-order valence-electron chi connectivity index (χ1n) is 7.67. The van der Waals surface area contributed by atoms with Crippen LogP contribution in [0.4, 0.5) is 5.69 Å². The van der Waals surface area contributed by atoms with Crippen molar-refractivity contribution in [2.75, 3.05) is 5.32 Å². The van der Waals surface area contributed by atoms with E-state index in [1.54, 1.807) is 5.56 Å². The highest BCUT2D eigenvalue weighted by Gasteiger charge is 2.30. The lowest BCUT2D eigenvalue weighted by Gasteiger charge is -2.18. The Morgan fingerprint density at radius 2 is 2.06 bits per heavy atom. The van der Waals surface area contributed by atoms with Gasteiger partial charge < -0.3 is 5.32 Å². The molecule has 1 aliphatic heterocycles. The average Bonchev–Trinajstić information content (AvgIpc) is 3.04. The van der Waals surface area contributed by atoms with Crippen LogP contribution in [0.3, 0.4) is 0 Å². The van der Waals surface area contributed by atoms with E-state index in [-0.39, 0.29) is 0 Å². The van der Waals surface area contributed by atoms with E-state index in [2.05, 4.69) is 37.4 Å². The summed E-state index contributed by atoms with van der Waals surface area (Å²) in [7, 11) is 0. The van der Waals surface area contributed by atoms with Crippen LogP contribution in [0.15, 0.2) is 18.2 Å². The Bertz CT molecular complexity index is 418. The molecule has 1 N–H and O–H groups in total. The van der Waals surface area contributed by atoms with Crippen molar-refractivity contribution in [3.05, 3.63) is 29.3 Å². The van der Waals surface area contributed by atoms with Crippen LogP contribution in [-0.4, -0.2) is 6.04 Å². The first-order chi connectivity index (χ1) is 8.78. The number of fused-ring (bicyclic) bond motifs is 1. The summed E-state index contributed by atoms with van der Waals surface area (Å²) in [6.45, 7) is 4.61. The van der Waals surface area contributed by atoms with Gasteiger partial charge in [0.1, 0.15) is 0 Å². The first-order valence-corrected chi connectivity index (χ1v) is 7.67. The van der Waals surface area contributed by atoms with E-state index in [9.17, 15) is 0 Å². The first kappa shape index (κ1) is 12.1. The minimum absolute atomic E-state index is 0.695. The number of benzene rings is 1. The molecule has 0 aromatic heterocycles. The summed E-state index contributed by atoms with van der Waals surface area (Å²) in [5, 5.41) is 3.76. The number of nitrogens with one attached hydrogen (secondary N) is 1. The molecule has 2 unspecified atom stereocenters. The van der Waals surface area contributed by atoms with E-state index in [0.29, 0.717) is 5.92 Å². The SMILES string of the molecule is CCC(C)c1ccc2c(c1)CC(C1CCCC1)N2. The average molecular weight is 243 g/mol. The topological polar surface area (TPSA) is 12.0 Å². The summed E-state index contributed by atoms with van der Waals surface area (Å²) in [5.74, 6) is 1.62. The van der Waals surface area contributed by atoms with Crippen molar-refractivity contribution in [2.45, 2.75) is 64.3 Å². The minimum atomic E-state index is 0.695. The molecular formula is C17H25N. The van der Waals surface area contributed by atoms with E-state index in [4.69, 9.17) is 0 Å². The Balaban J connectivity index is 1.76. The van der Waals surface area contributed by atoms with Gasteiger partial charge in [0, 0.05) is 11.7 Å². The van der Waals surface area contributed by atoms with Gasteiger partial charge in [-0.1, -0.05) is 38.8 Å². The van der Waals surface area contributed by atoms with Crippen LogP contribution in [0.2, 0.25) is 0 Å². The molecule has 2 aliphatic rings. The van der Waals surface area contributed by atoms with Gasteiger partial charge in [-0.05, 0) is 54.7 Å². The largest absolute Gasteiger partial charge is 0.381 e. The van der Waals surface area contributed by atoms with Crippen molar-refractivity contribution >= 4 is 5.69 Å². The molecule has 1 saturated carbocycles. The zero-order valence-electron chi connectivity index (χ0n) is 11.7. The summed E-state index contributed by atoms with van der Waals surface area (Å²) < 4.78 is 0. The van der Waals surface area contributed by atoms with Crippen LogP contribution in [0.5, 0.6) is 0 Å². The van der Waals surface area contributed by atoms with E-state index in [1.807, 2.05) is 0 Å². The van der Waals surface area contributed by atoms with Crippen molar-refractivity contribution in [1.29, 1.82) is 0 Å². The van der Waals surface area contributed by atoms with Crippen LogP contribution in [0.25, 0.3) is 0 Å². The Hall–Kier alpha value is -0.980. The van der Waals surface area contributed by atoms with Gasteiger partial charge in [-0.3, -0.25) is 0 Å². The van der Waals surface area contributed by atoms with E-state index >= 15 is 0 Å². The van der Waals surface area contributed by atoms with Gasteiger partial charge in [0.05, 0.1) is 0 Å². The molecule has 18 heavy (non-hydrogen) atoms. The zero-order chi connectivity index (χ0) is 12.5. The maximum atomic E-state index is 3.76. The maximum Gasteiger partial charge on any atom is 0.0376 e. The minimum Gasteiger partial charge on any atom is -0.381 e. The molecule has 1 heteroatoms. The van der Waals surface area contributed by atoms with Gasteiger partial charge in [-0.15, -0.1) is 0 Å². The van der Waals surface area contributed by atoms with E-state index in [0.717, 1.165) is 12.0 Å². The van der Waals surface area contributed by atoms with Crippen LogP contribution >= 0.6 is 0 Å². The van der Waals surface area contributed by atoms with Gasteiger partial charge in [-0.2, -0.15) is 0 Å². The molecule has 3 rings (SSSR count). The lowest BCUT2D eigenvalue weighted by Crippen LogP contribution is -2.24. The highest BCUT2D eigenvalue weighted by atomic mass is 15.0. The molecule has 98 valence electrons. The molecule has 1 aromatic rings. The molecule has 0 amide bonds. The summed E-state index contributed by atoms with van der Waals surface area (Å²) in [6.07, 6.45) is 8.24. The Labute approximate surface area is 111 Å². The smallest absolute Gasteiger partial charge is 0.0376 e. The second-order valence-corrected chi connectivity index (χ2v) is 6.23. The van der Waals surface area contributed by atoms with Gasteiger partial charge in [0.15, 0.2) is 0 Å². The van der Waals surface area contributed by atoms with Crippen molar-refractivity contribution in [2.24, 2.45) is 5.92 Å². The molecule has 2 atom stereocenters. The van der Waals surface area contributed by atoms with Crippen molar-refractivity contribution < 1.29 is 0 Å². The number of hydrogen-bond donors (Lipinski definition) is 1. The number of hydrogen-bond acceptors (Lipinski definition) is 1. The third-order valence-electron chi connectivity index (χ3n) is 5.06. The third kappa shape index (κ3) is 2.15. The van der Waals surface area contributed by atoms with Crippen LogP contribution in [-0.2, 0) is 6.42 Å². The predicted octanol–water partition coefficient (Wildman–Crippen LogP) is 4.73. The molecule has 1 aromatic carbocycles. The van der Waals surface area contributed by atoms with Crippen LogP contribution < -0.4 is 5.32 Å². The van der Waals surface area contributed by atoms with Crippen molar-refractivity contribution in [3.63, 3.8) is 0 Å². The lowest BCUT2D eigenvalue weighted by molar-refractivity contribution is 0.466. The highest BCUT2D eigenvalue weighted by molar-refractivity contribution is 5.58. The summed E-state index contributed by atoms with van der Waals surface area (Å²) >= 11 is 0. The van der Waals surface area contributed by atoms with Crippen LogP contribution in [0.1, 0.15) is 63.0 Å². The van der Waals surface area contributed by atoms with E-state index < -0.39 is 0 Å². The predicted molar refractivity (Wildman–Crippen MR) is 78.2 cm³/mol. The molecule has 0 bridgehead atoms. The van der Waals surface area contributed by atoms with Gasteiger partial charge in [0.2, 0.25) is 0 Å². The maximum absolute atomic E-state index is 3.76. The fourth-order valence-electron chi connectivity index (χ4n) is 3.60. The molecule has 1 nitrogen and oxygen atoms in total. The normalized spacial score (nSPS) is 24.9. The quantitative estimate of drug-likeness (QED) is 0.809. The van der Waals surface area contributed by atoms with E-state index in [1.165, 1.54) is 49.8 Å². The molecule has 0 saturated heterocycles. The molecule has 1 heterocycles. The summed E-state index contributed by atoms with van der Waals surface area (Å²) in [5.41, 5.74) is 4.48. The Morgan fingerprint density at radius 3 is 2.78 bits per heavy atom. The molecular weight excluding hydrogens is 218 g/mol. The molecule has 0 spiro atoms. The van der Waals surface area contributed by atoms with Crippen molar-refractivity contribution in [1.82, 2.24) is 0 Å². The Kier molecular flexibility index (Phi) is 3.32. The van der Waals surface area contributed by atoms with Gasteiger partial charge in [0.25, 0.3) is 0 Å². The van der Waals surface area contributed by atoms with Gasteiger partial charge in [-0.25, -0.2) is 0 Å². The van der Waals surface area contributed by atoms with Gasteiger partial charge >= 0.3 is 0 Å². The second-order valence-electron chi connectivity index (χ2n) is 6.23. The monoisotopic (exact) mass is 243 g/mol. The number of anilines is 1. The zero-order valence-corrected chi connectivity index (χ0v) is 11.7.